The average molecular weight is 319 g/mol. The Balaban J connectivity index is 2.74. The lowest BCUT2D eigenvalue weighted by molar-refractivity contribution is 0.0928. The van der Waals surface area contributed by atoms with Gasteiger partial charge in [0.1, 0.15) is 17.3 Å². The van der Waals surface area contributed by atoms with Gasteiger partial charge in [-0.05, 0) is 51.5 Å². The van der Waals surface area contributed by atoms with Crippen LogP contribution < -0.4 is 4.90 Å². The molecule has 0 saturated carbocycles. The Morgan fingerprint density at radius 1 is 1.37 bits per heavy atom. The summed E-state index contributed by atoms with van der Waals surface area (Å²) in [4.78, 5) is 14.4. The Labute approximate surface area is 121 Å². The molecule has 0 atom stereocenters. The van der Waals surface area contributed by atoms with Crippen molar-refractivity contribution in [2.24, 2.45) is 0 Å². The zero-order chi connectivity index (χ0) is 14.4. The van der Waals surface area contributed by atoms with Crippen molar-refractivity contribution in [3.63, 3.8) is 0 Å². The first-order valence-electron chi connectivity index (χ1n) is 6.03. The molecule has 2 rings (SSSR count). The second kappa shape index (κ2) is 4.50. The summed E-state index contributed by atoms with van der Waals surface area (Å²) < 4.78 is 0.868. The monoisotopic (exact) mass is 318 g/mol. The van der Waals surface area contributed by atoms with Gasteiger partial charge in [-0.3, -0.25) is 4.79 Å². The molecule has 0 saturated heterocycles. The summed E-state index contributed by atoms with van der Waals surface area (Å²) in [5, 5.41) is 9.39. The highest BCUT2D eigenvalue weighted by Gasteiger charge is 2.45. The molecular weight excluding hydrogens is 304 g/mol. The molecule has 1 aromatic carbocycles. The van der Waals surface area contributed by atoms with Gasteiger partial charge in [0.15, 0.2) is 5.78 Å². The summed E-state index contributed by atoms with van der Waals surface area (Å²) in [5.41, 5.74) is 2.17. The van der Waals surface area contributed by atoms with E-state index in [1.54, 1.807) is 0 Å². The van der Waals surface area contributed by atoms with Crippen LogP contribution in [0, 0.1) is 11.3 Å². The molecule has 1 aliphatic heterocycles. The van der Waals surface area contributed by atoms with E-state index in [0.717, 1.165) is 15.7 Å². The molecule has 4 heteroatoms. The Morgan fingerprint density at radius 3 is 2.53 bits per heavy atom. The van der Waals surface area contributed by atoms with Gasteiger partial charge in [0.25, 0.3) is 0 Å². The Kier molecular flexibility index (Phi) is 3.27. The van der Waals surface area contributed by atoms with Gasteiger partial charge in [-0.15, -0.1) is 0 Å². The van der Waals surface area contributed by atoms with E-state index in [-0.39, 0.29) is 5.78 Å². The topological polar surface area (TPSA) is 44.1 Å². The van der Waals surface area contributed by atoms with Crippen molar-refractivity contribution in [2.45, 2.75) is 33.2 Å². The van der Waals surface area contributed by atoms with Crippen LogP contribution in [0.3, 0.4) is 0 Å². The van der Waals surface area contributed by atoms with E-state index >= 15 is 0 Å². The summed E-state index contributed by atoms with van der Waals surface area (Å²) in [5.74, 6) is 0.0396. The zero-order valence-electron chi connectivity index (χ0n) is 11.4. The van der Waals surface area contributed by atoms with Crippen molar-refractivity contribution in [1.82, 2.24) is 0 Å². The number of hydrogen-bond donors (Lipinski definition) is 0. The maximum atomic E-state index is 12.5. The molecule has 1 heterocycles. The number of rotatable bonds is 1. The van der Waals surface area contributed by atoms with Crippen molar-refractivity contribution in [3.8, 4) is 6.07 Å². The van der Waals surface area contributed by atoms with Gasteiger partial charge in [0.2, 0.25) is 0 Å². The van der Waals surface area contributed by atoms with Crippen LogP contribution in [0.25, 0.3) is 0 Å². The van der Waals surface area contributed by atoms with E-state index in [1.807, 2.05) is 50.8 Å². The Hall–Kier alpha value is -1.60. The van der Waals surface area contributed by atoms with E-state index in [9.17, 15) is 10.1 Å². The normalized spacial score (nSPS) is 16.0. The van der Waals surface area contributed by atoms with Crippen LogP contribution in [-0.2, 0) is 0 Å². The van der Waals surface area contributed by atoms with Crippen LogP contribution in [-0.4, -0.2) is 11.3 Å². The molecule has 1 aromatic rings. The number of allylic oxidation sites excluding steroid dienone is 2. The first-order valence-corrected chi connectivity index (χ1v) is 6.82. The third-order valence-corrected chi connectivity index (χ3v) is 3.86. The standard InChI is InChI=1S/C15H15BrN2O/c1-9(2)13(8-17)18-12-6-5-10(16)7-11(12)14(19)15(18,3)4/h5-7H,1-4H3. The molecule has 98 valence electrons. The van der Waals surface area contributed by atoms with Gasteiger partial charge < -0.3 is 4.90 Å². The number of ketones is 1. The lowest BCUT2D eigenvalue weighted by Gasteiger charge is -2.32. The predicted octanol–water partition coefficient (Wildman–Crippen LogP) is 4.05. The number of anilines is 1. The van der Waals surface area contributed by atoms with Crippen molar-refractivity contribution in [3.05, 3.63) is 39.5 Å². The van der Waals surface area contributed by atoms with Gasteiger partial charge in [-0.1, -0.05) is 15.9 Å². The number of nitriles is 1. The summed E-state index contributed by atoms with van der Waals surface area (Å²) >= 11 is 3.39. The number of hydrogen-bond acceptors (Lipinski definition) is 3. The highest BCUT2D eigenvalue weighted by Crippen LogP contribution is 2.42. The minimum atomic E-state index is -0.731. The lowest BCUT2D eigenvalue weighted by atomic mass is 9.97. The van der Waals surface area contributed by atoms with Gasteiger partial charge in [-0.2, -0.15) is 5.26 Å². The highest BCUT2D eigenvalue weighted by atomic mass is 79.9. The molecule has 0 aromatic heterocycles. The first-order chi connectivity index (χ1) is 8.80. The number of carbonyl (C=O) groups is 1. The summed E-state index contributed by atoms with van der Waals surface area (Å²) in [6, 6.07) is 7.81. The van der Waals surface area contributed by atoms with E-state index in [4.69, 9.17) is 0 Å². The number of halogens is 1. The predicted molar refractivity (Wildman–Crippen MR) is 79.0 cm³/mol. The molecule has 0 bridgehead atoms. The summed E-state index contributed by atoms with van der Waals surface area (Å²) in [7, 11) is 0. The number of Topliss-reactive ketones (excluding diaryl/α,β-unsaturated/α-hetero) is 1. The van der Waals surface area contributed by atoms with Gasteiger partial charge in [0.05, 0.1) is 5.69 Å². The fraction of sp³-hybridized carbons (Fsp3) is 0.333. The zero-order valence-corrected chi connectivity index (χ0v) is 13.0. The van der Waals surface area contributed by atoms with Gasteiger partial charge in [0, 0.05) is 10.0 Å². The van der Waals surface area contributed by atoms with Gasteiger partial charge in [-0.25, -0.2) is 0 Å². The molecule has 0 fully saturated rings. The molecule has 0 unspecified atom stereocenters. The van der Waals surface area contributed by atoms with Crippen molar-refractivity contribution in [2.75, 3.05) is 4.90 Å². The Bertz CT molecular complexity index is 634. The first kappa shape index (κ1) is 13.8. The largest absolute Gasteiger partial charge is 0.319 e. The smallest absolute Gasteiger partial charge is 0.190 e. The van der Waals surface area contributed by atoms with Gasteiger partial charge >= 0.3 is 0 Å². The fourth-order valence-electron chi connectivity index (χ4n) is 2.40. The van der Waals surface area contributed by atoms with Crippen molar-refractivity contribution < 1.29 is 4.79 Å². The molecule has 0 N–H and O–H groups in total. The maximum absolute atomic E-state index is 12.5. The van der Waals surface area contributed by atoms with Crippen LogP contribution in [0.5, 0.6) is 0 Å². The number of fused-ring (bicyclic) bond motifs is 1. The number of carbonyl (C=O) groups excluding carboxylic acids is 1. The van der Waals surface area contributed by atoms with E-state index in [0.29, 0.717) is 11.3 Å². The van der Waals surface area contributed by atoms with E-state index in [2.05, 4.69) is 22.0 Å². The fourth-order valence-corrected chi connectivity index (χ4v) is 2.76. The SMILES string of the molecule is CC(C)=C(C#N)N1c2ccc(Br)cc2C(=O)C1(C)C. The molecule has 0 amide bonds. The van der Waals surface area contributed by atoms with Crippen molar-refractivity contribution in [1.29, 1.82) is 5.26 Å². The number of benzene rings is 1. The third-order valence-electron chi connectivity index (χ3n) is 3.36. The highest BCUT2D eigenvalue weighted by molar-refractivity contribution is 9.10. The number of nitrogens with zero attached hydrogens (tertiary/aromatic N) is 2. The third kappa shape index (κ3) is 1.98. The maximum Gasteiger partial charge on any atom is 0.190 e. The van der Waals surface area contributed by atoms with Crippen LogP contribution in [0.1, 0.15) is 38.1 Å². The molecule has 19 heavy (non-hydrogen) atoms. The molecule has 3 nitrogen and oxygen atoms in total. The van der Waals surface area contributed by atoms with Crippen molar-refractivity contribution >= 4 is 27.4 Å². The minimum absolute atomic E-state index is 0.0396. The minimum Gasteiger partial charge on any atom is -0.319 e. The average Bonchev–Trinajstić information content (AvgIpc) is 2.51. The van der Waals surface area contributed by atoms with Crippen LogP contribution >= 0.6 is 15.9 Å². The molecule has 1 aliphatic rings. The molecule has 0 aliphatic carbocycles. The van der Waals surface area contributed by atoms with E-state index in [1.165, 1.54) is 0 Å². The van der Waals surface area contributed by atoms with Crippen LogP contribution in [0.4, 0.5) is 5.69 Å². The van der Waals surface area contributed by atoms with Crippen LogP contribution in [0.2, 0.25) is 0 Å². The van der Waals surface area contributed by atoms with E-state index < -0.39 is 5.54 Å². The lowest BCUT2D eigenvalue weighted by Crippen LogP contribution is -2.44. The second-order valence-electron chi connectivity index (χ2n) is 5.35. The molecule has 0 spiro atoms. The molecule has 0 radical (unpaired) electrons. The summed E-state index contributed by atoms with van der Waals surface area (Å²) in [6.45, 7) is 7.47. The molecular formula is C15H15BrN2O. The second-order valence-corrected chi connectivity index (χ2v) is 6.26. The Morgan fingerprint density at radius 2 is 2.00 bits per heavy atom. The quantitative estimate of drug-likeness (QED) is 0.734. The van der Waals surface area contributed by atoms with Crippen LogP contribution in [0.15, 0.2) is 33.9 Å². The summed E-state index contributed by atoms with van der Waals surface area (Å²) in [6.07, 6.45) is 0.